The Hall–Kier alpha value is -2.11. The lowest BCUT2D eigenvalue weighted by atomic mass is 10.1. The average Bonchev–Trinajstić information content (AvgIpc) is 3.36. The van der Waals surface area contributed by atoms with Gasteiger partial charge in [-0.05, 0) is 32.6 Å². The first kappa shape index (κ1) is 12.6. The highest BCUT2D eigenvalue weighted by atomic mass is 16.7. The summed E-state index contributed by atoms with van der Waals surface area (Å²) in [6, 6.07) is 1.83. The molecule has 0 amide bonds. The molecule has 110 valence electrons. The van der Waals surface area contributed by atoms with Crippen LogP contribution >= 0.6 is 0 Å². The van der Waals surface area contributed by atoms with Crippen molar-refractivity contribution in [1.29, 1.82) is 0 Å². The number of hydrogen-bond donors (Lipinski definition) is 0. The van der Waals surface area contributed by atoms with E-state index in [1.54, 1.807) is 6.92 Å². The van der Waals surface area contributed by atoms with Crippen molar-refractivity contribution in [2.45, 2.75) is 44.4 Å². The SMILES string of the molecule is CCOC(=O)Oc1cc(C2CC2)nc2onc(C3CC3)c12. The third kappa shape index (κ3) is 2.34. The number of aromatic nitrogens is 2. The summed E-state index contributed by atoms with van der Waals surface area (Å²) in [5.41, 5.74) is 2.21. The van der Waals surface area contributed by atoms with Gasteiger partial charge in [-0.2, -0.15) is 0 Å². The number of hydrogen-bond acceptors (Lipinski definition) is 6. The van der Waals surface area contributed by atoms with E-state index in [4.69, 9.17) is 14.0 Å². The minimum atomic E-state index is -0.699. The maximum Gasteiger partial charge on any atom is 0.513 e. The molecular weight excluding hydrogens is 272 g/mol. The molecule has 2 aliphatic carbocycles. The van der Waals surface area contributed by atoms with Gasteiger partial charge in [0, 0.05) is 17.9 Å². The van der Waals surface area contributed by atoms with Crippen LogP contribution in [0.2, 0.25) is 0 Å². The molecule has 6 nitrogen and oxygen atoms in total. The number of fused-ring (bicyclic) bond motifs is 1. The van der Waals surface area contributed by atoms with Gasteiger partial charge in [-0.3, -0.25) is 0 Å². The van der Waals surface area contributed by atoms with Crippen molar-refractivity contribution in [3.63, 3.8) is 0 Å². The van der Waals surface area contributed by atoms with Gasteiger partial charge in [0.15, 0.2) is 5.75 Å². The van der Waals surface area contributed by atoms with Gasteiger partial charge in [0.25, 0.3) is 5.71 Å². The summed E-state index contributed by atoms with van der Waals surface area (Å²) in [6.07, 6.45) is 3.70. The Morgan fingerprint density at radius 2 is 2.10 bits per heavy atom. The molecule has 2 heterocycles. The Bertz CT molecular complexity index is 701. The Kier molecular flexibility index (Phi) is 2.83. The second-order valence-electron chi connectivity index (χ2n) is 5.63. The van der Waals surface area contributed by atoms with E-state index in [0.717, 1.165) is 42.5 Å². The Morgan fingerprint density at radius 3 is 2.76 bits per heavy atom. The molecule has 0 bridgehead atoms. The lowest BCUT2D eigenvalue weighted by Crippen LogP contribution is -2.11. The first-order chi connectivity index (χ1) is 10.3. The van der Waals surface area contributed by atoms with Crippen LogP contribution in [0.15, 0.2) is 10.6 Å². The van der Waals surface area contributed by atoms with E-state index in [1.165, 1.54) is 0 Å². The standard InChI is InChI=1S/C15H16N2O4/c1-2-19-15(18)20-11-7-10(8-3-4-8)16-14-12(11)13(17-21-14)9-5-6-9/h7-9H,2-6H2,1H3. The molecular formula is C15H16N2O4. The van der Waals surface area contributed by atoms with Crippen molar-refractivity contribution < 1.29 is 18.8 Å². The number of nitrogens with zero attached hydrogens (tertiary/aromatic N) is 2. The topological polar surface area (TPSA) is 74.5 Å². The molecule has 0 radical (unpaired) electrons. The predicted molar refractivity (Wildman–Crippen MR) is 73.4 cm³/mol. The molecule has 2 fully saturated rings. The fourth-order valence-electron chi connectivity index (χ4n) is 2.50. The molecule has 2 saturated carbocycles. The van der Waals surface area contributed by atoms with Crippen molar-refractivity contribution in [3.8, 4) is 5.75 Å². The second-order valence-corrected chi connectivity index (χ2v) is 5.63. The van der Waals surface area contributed by atoms with Crippen LogP contribution in [0.1, 0.15) is 55.8 Å². The summed E-state index contributed by atoms with van der Waals surface area (Å²) >= 11 is 0. The van der Waals surface area contributed by atoms with E-state index >= 15 is 0 Å². The molecule has 2 aromatic rings. The summed E-state index contributed by atoms with van der Waals surface area (Å²) in [6.45, 7) is 2.02. The molecule has 0 aromatic carbocycles. The molecule has 0 unspecified atom stereocenters. The van der Waals surface area contributed by atoms with E-state index < -0.39 is 6.16 Å². The second kappa shape index (κ2) is 4.72. The van der Waals surface area contributed by atoms with Crippen LogP contribution in [-0.4, -0.2) is 22.9 Å². The van der Waals surface area contributed by atoms with Crippen LogP contribution in [-0.2, 0) is 4.74 Å². The molecule has 0 spiro atoms. The van der Waals surface area contributed by atoms with E-state index in [0.29, 0.717) is 23.3 Å². The van der Waals surface area contributed by atoms with Crippen molar-refractivity contribution in [2.24, 2.45) is 0 Å². The number of rotatable bonds is 4. The lowest BCUT2D eigenvalue weighted by Gasteiger charge is -2.07. The van der Waals surface area contributed by atoms with E-state index in [1.807, 2.05) is 6.07 Å². The van der Waals surface area contributed by atoms with Crippen LogP contribution in [0, 0.1) is 0 Å². The molecule has 2 aliphatic rings. The van der Waals surface area contributed by atoms with Gasteiger partial charge in [0.05, 0.1) is 12.3 Å². The van der Waals surface area contributed by atoms with E-state index in [-0.39, 0.29) is 6.61 Å². The van der Waals surface area contributed by atoms with Gasteiger partial charge in [0.1, 0.15) is 11.1 Å². The third-order valence-electron chi connectivity index (χ3n) is 3.87. The first-order valence-electron chi connectivity index (χ1n) is 7.41. The highest BCUT2D eigenvalue weighted by Crippen LogP contribution is 2.47. The molecule has 21 heavy (non-hydrogen) atoms. The zero-order valence-electron chi connectivity index (χ0n) is 11.8. The van der Waals surface area contributed by atoms with Crippen LogP contribution in [0.5, 0.6) is 5.75 Å². The smallest absolute Gasteiger partial charge is 0.434 e. The zero-order valence-corrected chi connectivity index (χ0v) is 11.8. The fraction of sp³-hybridized carbons (Fsp3) is 0.533. The Labute approximate surface area is 121 Å². The van der Waals surface area contributed by atoms with Crippen molar-refractivity contribution in [1.82, 2.24) is 10.1 Å². The molecule has 0 aliphatic heterocycles. The quantitative estimate of drug-likeness (QED) is 0.801. The Balaban J connectivity index is 1.79. The number of pyridine rings is 1. The van der Waals surface area contributed by atoms with Gasteiger partial charge >= 0.3 is 6.16 Å². The number of carbonyl (C=O) groups excluding carboxylic acids is 1. The zero-order chi connectivity index (χ0) is 14.4. The molecule has 0 atom stereocenters. The molecule has 4 rings (SSSR count). The van der Waals surface area contributed by atoms with Gasteiger partial charge in [-0.1, -0.05) is 5.16 Å². The van der Waals surface area contributed by atoms with Gasteiger partial charge < -0.3 is 14.0 Å². The van der Waals surface area contributed by atoms with Crippen LogP contribution < -0.4 is 4.74 Å². The van der Waals surface area contributed by atoms with Crippen LogP contribution in [0.4, 0.5) is 4.79 Å². The molecule has 0 N–H and O–H groups in total. The van der Waals surface area contributed by atoms with Crippen LogP contribution in [0.3, 0.4) is 0 Å². The average molecular weight is 288 g/mol. The summed E-state index contributed by atoms with van der Waals surface area (Å²) in [4.78, 5) is 16.2. The van der Waals surface area contributed by atoms with E-state index in [9.17, 15) is 4.79 Å². The first-order valence-corrected chi connectivity index (χ1v) is 7.41. The molecule has 0 saturated heterocycles. The summed E-state index contributed by atoms with van der Waals surface area (Å²) in [5.74, 6) is 1.29. The minimum absolute atomic E-state index is 0.279. The highest BCUT2D eigenvalue weighted by molar-refractivity contribution is 5.86. The lowest BCUT2D eigenvalue weighted by molar-refractivity contribution is 0.105. The van der Waals surface area contributed by atoms with E-state index in [2.05, 4.69) is 10.1 Å². The third-order valence-corrected chi connectivity index (χ3v) is 3.87. The highest BCUT2D eigenvalue weighted by Gasteiger charge is 2.33. The van der Waals surface area contributed by atoms with Crippen molar-refractivity contribution in [3.05, 3.63) is 17.5 Å². The van der Waals surface area contributed by atoms with Gasteiger partial charge in [0.2, 0.25) is 0 Å². The Morgan fingerprint density at radius 1 is 1.33 bits per heavy atom. The fourth-order valence-corrected chi connectivity index (χ4v) is 2.50. The van der Waals surface area contributed by atoms with Gasteiger partial charge in [-0.25, -0.2) is 9.78 Å². The number of carbonyl (C=O) groups is 1. The minimum Gasteiger partial charge on any atom is -0.434 e. The van der Waals surface area contributed by atoms with Gasteiger partial charge in [-0.15, -0.1) is 0 Å². The maximum absolute atomic E-state index is 11.7. The molecule has 2 aromatic heterocycles. The van der Waals surface area contributed by atoms with Crippen LogP contribution in [0.25, 0.3) is 11.1 Å². The molecule has 6 heteroatoms. The maximum atomic E-state index is 11.7. The largest absolute Gasteiger partial charge is 0.513 e. The summed E-state index contributed by atoms with van der Waals surface area (Å²) in [5, 5.41) is 4.84. The summed E-state index contributed by atoms with van der Waals surface area (Å²) in [7, 11) is 0. The van der Waals surface area contributed by atoms with Crippen molar-refractivity contribution >= 4 is 17.3 Å². The monoisotopic (exact) mass is 288 g/mol. The predicted octanol–water partition coefficient (Wildman–Crippen LogP) is 3.51. The summed E-state index contributed by atoms with van der Waals surface area (Å²) < 4.78 is 15.6. The number of ether oxygens (including phenoxy) is 2. The van der Waals surface area contributed by atoms with Crippen molar-refractivity contribution in [2.75, 3.05) is 6.61 Å². The normalized spacial score (nSPS) is 18.0.